The molecule has 3 aromatic rings. The van der Waals surface area contributed by atoms with Gasteiger partial charge in [-0.1, -0.05) is 0 Å². The summed E-state index contributed by atoms with van der Waals surface area (Å²) in [7, 11) is 0. The van der Waals surface area contributed by atoms with Crippen molar-refractivity contribution in [3.8, 4) is 5.88 Å². The molecule has 9 heteroatoms. The van der Waals surface area contributed by atoms with Crippen molar-refractivity contribution < 1.29 is 22.7 Å². The van der Waals surface area contributed by atoms with Gasteiger partial charge in [0.1, 0.15) is 6.10 Å². The summed E-state index contributed by atoms with van der Waals surface area (Å²) >= 11 is 0. The Morgan fingerprint density at radius 1 is 0.897 bits per heavy atom. The van der Waals surface area contributed by atoms with Crippen LogP contribution in [0.4, 0.5) is 18.9 Å². The molecule has 0 spiro atoms. The molecule has 6 nitrogen and oxygen atoms in total. The highest BCUT2D eigenvalue weighted by molar-refractivity contribution is 5.96. The molecule has 0 unspecified atom stereocenters. The second kappa shape index (κ2) is 12.2. The zero-order chi connectivity index (χ0) is 27.2. The van der Waals surface area contributed by atoms with Gasteiger partial charge < -0.3 is 9.64 Å². The number of rotatable bonds is 8. The highest BCUT2D eigenvalue weighted by atomic mass is 19.4. The van der Waals surface area contributed by atoms with Gasteiger partial charge in [0.15, 0.2) is 5.78 Å². The first-order chi connectivity index (χ1) is 18.8. The summed E-state index contributed by atoms with van der Waals surface area (Å²) in [6.07, 6.45) is 4.84. The van der Waals surface area contributed by atoms with Crippen molar-refractivity contribution in [1.82, 2.24) is 14.9 Å². The maximum Gasteiger partial charge on any atom is 0.416 e. The van der Waals surface area contributed by atoms with Gasteiger partial charge in [0.25, 0.3) is 0 Å². The van der Waals surface area contributed by atoms with Crippen LogP contribution in [-0.4, -0.2) is 52.9 Å². The van der Waals surface area contributed by atoms with E-state index >= 15 is 0 Å². The third-order valence-electron chi connectivity index (χ3n) is 7.68. The van der Waals surface area contributed by atoms with Crippen LogP contribution in [0.5, 0.6) is 5.88 Å². The average Bonchev–Trinajstić information content (AvgIpc) is 2.95. The van der Waals surface area contributed by atoms with Crippen LogP contribution >= 0.6 is 0 Å². The lowest BCUT2D eigenvalue weighted by atomic mass is 9.90. The summed E-state index contributed by atoms with van der Waals surface area (Å²) in [4.78, 5) is 25.9. The van der Waals surface area contributed by atoms with Crippen molar-refractivity contribution in [2.45, 2.75) is 50.9 Å². The van der Waals surface area contributed by atoms with Crippen LogP contribution in [-0.2, 0) is 12.7 Å². The quantitative estimate of drug-likeness (QED) is 0.327. The number of Topliss-reactive ketones (excluding diaryl/α,β-unsaturated/α-hetero) is 1. The van der Waals surface area contributed by atoms with Crippen LogP contribution in [0.15, 0.2) is 67.1 Å². The maximum absolute atomic E-state index is 13.0. The fourth-order valence-corrected chi connectivity index (χ4v) is 5.39. The van der Waals surface area contributed by atoms with Gasteiger partial charge in [-0.15, -0.1) is 0 Å². The first kappa shape index (κ1) is 27.1. The highest BCUT2D eigenvalue weighted by Gasteiger charge is 2.30. The van der Waals surface area contributed by atoms with Gasteiger partial charge in [-0.2, -0.15) is 13.2 Å². The molecule has 39 heavy (non-hydrogen) atoms. The fraction of sp³-hybridized carbons (Fsp3) is 0.433. The Balaban J connectivity index is 1.08. The highest BCUT2D eigenvalue weighted by Crippen LogP contribution is 2.31. The Morgan fingerprint density at radius 3 is 2.26 bits per heavy atom. The lowest BCUT2D eigenvalue weighted by Gasteiger charge is -2.33. The Morgan fingerprint density at radius 2 is 1.59 bits per heavy atom. The van der Waals surface area contributed by atoms with Crippen LogP contribution in [0.3, 0.4) is 0 Å². The number of halogens is 3. The number of aromatic nitrogens is 2. The van der Waals surface area contributed by atoms with Crippen LogP contribution in [0, 0.1) is 5.92 Å². The van der Waals surface area contributed by atoms with Crippen molar-refractivity contribution in [3.63, 3.8) is 0 Å². The predicted molar refractivity (Wildman–Crippen MR) is 143 cm³/mol. The number of carbonyl (C=O) groups excluding carboxylic acids is 1. The summed E-state index contributed by atoms with van der Waals surface area (Å²) in [5, 5.41) is 0. The first-order valence-corrected chi connectivity index (χ1v) is 13.5. The van der Waals surface area contributed by atoms with Crippen molar-refractivity contribution in [1.29, 1.82) is 0 Å². The predicted octanol–water partition coefficient (Wildman–Crippen LogP) is 6.03. The van der Waals surface area contributed by atoms with E-state index in [9.17, 15) is 18.0 Å². The number of hydrogen-bond donors (Lipinski definition) is 0. The molecule has 4 heterocycles. The number of ketones is 1. The third kappa shape index (κ3) is 7.35. The van der Waals surface area contributed by atoms with E-state index < -0.39 is 11.7 Å². The van der Waals surface area contributed by atoms with Crippen molar-refractivity contribution in [3.05, 3.63) is 83.8 Å². The monoisotopic (exact) mass is 538 g/mol. The topological polar surface area (TPSA) is 58.6 Å². The molecule has 2 saturated heterocycles. The molecule has 2 fully saturated rings. The molecule has 0 bridgehead atoms. The maximum atomic E-state index is 13.0. The Hall–Kier alpha value is -3.46. The van der Waals surface area contributed by atoms with Crippen molar-refractivity contribution in [2.24, 2.45) is 5.92 Å². The fourth-order valence-electron chi connectivity index (χ4n) is 5.39. The number of anilines is 1. The van der Waals surface area contributed by atoms with E-state index in [4.69, 9.17) is 4.74 Å². The summed E-state index contributed by atoms with van der Waals surface area (Å²) in [5.74, 6) is 0.936. The molecule has 0 aliphatic carbocycles. The lowest BCUT2D eigenvalue weighted by Crippen LogP contribution is -2.38. The van der Waals surface area contributed by atoms with E-state index in [1.54, 1.807) is 18.3 Å². The molecule has 2 aliphatic rings. The van der Waals surface area contributed by atoms with Gasteiger partial charge in [-0.25, -0.2) is 4.98 Å². The van der Waals surface area contributed by atoms with Crippen molar-refractivity contribution >= 4 is 11.5 Å². The Bertz CT molecular complexity index is 1220. The molecule has 206 valence electrons. The molecular formula is C30H33F3N4O2. The first-order valence-electron chi connectivity index (χ1n) is 13.5. The van der Waals surface area contributed by atoms with Crippen LogP contribution in [0.1, 0.15) is 53.6 Å². The summed E-state index contributed by atoms with van der Waals surface area (Å²) < 4.78 is 44.6. The molecule has 0 radical (unpaired) electrons. The van der Waals surface area contributed by atoms with Crippen LogP contribution in [0.25, 0.3) is 0 Å². The normalized spacial score (nSPS) is 17.8. The molecule has 2 aliphatic heterocycles. The van der Waals surface area contributed by atoms with Gasteiger partial charge in [-0.05, 0) is 79.9 Å². The lowest BCUT2D eigenvalue weighted by molar-refractivity contribution is -0.137. The van der Waals surface area contributed by atoms with Crippen molar-refractivity contribution in [2.75, 3.05) is 31.1 Å². The number of likely N-dealkylation sites (tertiary alicyclic amines) is 1. The smallest absolute Gasteiger partial charge is 0.416 e. The minimum Gasteiger partial charge on any atom is -0.474 e. The summed E-state index contributed by atoms with van der Waals surface area (Å²) in [5.41, 5.74) is 2.02. The zero-order valence-corrected chi connectivity index (χ0v) is 21.8. The van der Waals surface area contributed by atoms with E-state index in [2.05, 4.69) is 19.8 Å². The van der Waals surface area contributed by atoms with Gasteiger partial charge in [0, 0.05) is 74.8 Å². The van der Waals surface area contributed by atoms with E-state index in [1.807, 2.05) is 24.5 Å². The molecule has 0 amide bonds. The summed E-state index contributed by atoms with van der Waals surface area (Å²) in [6, 6.07) is 12.9. The van der Waals surface area contributed by atoms with Gasteiger partial charge >= 0.3 is 6.18 Å². The number of ether oxygens (including phenoxy) is 1. The summed E-state index contributed by atoms with van der Waals surface area (Å²) in [6.45, 7) is 4.23. The molecule has 0 N–H and O–H groups in total. The van der Waals surface area contributed by atoms with E-state index in [0.717, 1.165) is 63.1 Å². The zero-order valence-electron chi connectivity index (χ0n) is 21.8. The van der Waals surface area contributed by atoms with Gasteiger partial charge in [-0.3, -0.25) is 14.7 Å². The third-order valence-corrected chi connectivity index (χ3v) is 7.68. The largest absolute Gasteiger partial charge is 0.474 e. The second-order valence-corrected chi connectivity index (χ2v) is 10.4. The second-order valence-electron chi connectivity index (χ2n) is 10.4. The minimum absolute atomic E-state index is 0.0572. The number of alkyl halides is 3. The van der Waals surface area contributed by atoms with E-state index in [0.29, 0.717) is 36.9 Å². The number of benzene rings is 1. The van der Waals surface area contributed by atoms with E-state index in [1.165, 1.54) is 17.7 Å². The number of piperidine rings is 2. The molecular weight excluding hydrogens is 505 g/mol. The number of nitrogens with zero attached hydrogens (tertiary/aromatic N) is 4. The van der Waals surface area contributed by atoms with Gasteiger partial charge in [0.2, 0.25) is 5.88 Å². The molecule has 1 aromatic carbocycles. The Labute approximate surface area is 226 Å². The van der Waals surface area contributed by atoms with E-state index in [-0.39, 0.29) is 11.9 Å². The molecule has 0 saturated carbocycles. The van der Waals surface area contributed by atoms with Crippen LogP contribution < -0.4 is 9.64 Å². The SMILES string of the molecule is O=C(CC1CCN(Cc2ccncc2)CC1)c1ccnc(OC2CCN(c3ccc(C(F)(F)F)cc3)CC2)c1. The standard InChI is InChI=1S/C30H33F3N4O2/c31-30(32,33)25-1-3-26(4-2-25)37-17-10-27(11-18-37)39-29-20-24(7-14-35-29)28(38)19-22-8-15-36(16-9-22)21-23-5-12-34-13-6-23/h1-7,12-14,20,22,27H,8-11,15-19,21H2. The van der Waals surface area contributed by atoms with Crippen LogP contribution in [0.2, 0.25) is 0 Å². The minimum atomic E-state index is -4.33. The number of hydrogen-bond acceptors (Lipinski definition) is 6. The Kier molecular flexibility index (Phi) is 8.45. The number of carbonyl (C=O) groups is 1. The molecule has 2 aromatic heterocycles. The van der Waals surface area contributed by atoms with Gasteiger partial charge in [0.05, 0.1) is 5.56 Å². The average molecular weight is 539 g/mol. The molecule has 5 rings (SSSR count). The molecule has 0 atom stereocenters. The number of pyridine rings is 2.